The van der Waals surface area contributed by atoms with Gasteiger partial charge >= 0.3 is 0 Å². The molecule has 2 aromatic carbocycles. The van der Waals surface area contributed by atoms with Gasteiger partial charge in [-0.1, -0.05) is 12.1 Å². The van der Waals surface area contributed by atoms with Crippen LogP contribution in [0.1, 0.15) is 21.5 Å². The van der Waals surface area contributed by atoms with Gasteiger partial charge in [-0.25, -0.2) is 15.0 Å². The largest absolute Gasteiger partial charge is 0.341 e. The molecule has 3 aromatic heterocycles. The number of carbonyl (C=O) groups is 1. The minimum absolute atomic E-state index is 0.293. The molecule has 0 bridgehead atoms. The van der Waals surface area contributed by atoms with E-state index in [1.54, 1.807) is 36.8 Å². The molecule has 0 aliphatic heterocycles. The van der Waals surface area contributed by atoms with Crippen molar-refractivity contribution in [3.8, 4) is 28.6 Å². The summed E-state index contributed by atoms with van der Waals surface area (Å²) < 4.78 is 0. The molecule has 8 heteroatoms. The number of pyridine rings is 1. The number of aromatic amines is 1. The number of hydrogen-bond donors (Lipinski definition) is 2. The van der Waals surface area contributed by atoms with Gasteiger partial charge in [0.1, 0.15) is 17.5 Å². The summed E-state index contributed by atoms with van der Waals surface area (Å²) in [5.74, 6) is -0.293. The Kier molecular flexibility index (Phi) is 5.05. The van der Waals surface area contributed by atoms with Crippen molar-refractivity contribution < 1.29 is 4.79 Å². The van der Waals surface area contributed by atoms with E-state index in [0.717, 1.165) is 27.9 Å². The van der Waals surface area contributed by atoms with E-state index in [9.17, 15) is 4.79 Å². The molecule has 0 unspecified atom stereocenters. The molecule has 0 fully saturated rings. The fourth-order valence-corrected chi connectivity index (χ4v) is 3.67. The van der Waals surface area contributed by atoms with E-state index in [0.29, 0.717) is 28.2 Å². The SMILES string of the molecule is Cc1ccc(NC(=O)c2cccc(C#N)c2)cc1-c1ncccc1-c1ncnc2nc[nH]c12. The highest BCUT2D eigenvalue weighted by atomic mass is 16.1. The van der Waals surface area contributed by atoms with Crippen molar-refractivity contribution in [2.24, 2.45) is 0 Å². The lowest BCUT2D eigenvalue weighted by Crippen LogP contribution is -2.12. The smallest absolute Gasteiger partial charge is 0.255 e. The molecule has 0 aliphatic rings. The van der Waals surface area contributed by atoms with Crippen LogP contribution in [-0.4, -0.2) is 30.8 Å². The first-order valence-electron chi connectivity index (χ1n) is 10.2. The van der Waals surface area contributed by atoms with Gasteiger partial charge < -0.3 is 10.3 Å². The molecule has 0 atom stereocenters. The van der Waals surface area contributed by atoms with Gasteiger partial charge in [-0.3, -0.25) is 9.78 Å². The molecule has 0 spiro atoms. The molecule has 2 N–H and O–H groups in total. The Morgan fingerprint density at radius 3 is 2.76 bits per heavy atom. The summed E-state index contributed by atoms with van der Waals surface area (Å²) in [6.45, 7) is 1.99. The minimum Gasteiger partial charge on any atom is -0.341 e. The van der Waals surface area contributed by atoms with Crippen LogP contribution in [0.3, 0.4) is 0 Å². The molecule has 0 saturated heterocycles. The molecular formula is C25H17N7O. The standard InChI is InChI=1S/C25H17N7O/c1-15-7-8-18(32-25(33)17-5-2-4-16(10-17)12-26)11-20(15)21-19(6-3-9-27-21)22-23-24(30-13-28-22)31-14-29-23/h2-11,13-14H,1H3,(H,32,33)(H,28,29,30,31). The molecule has 0 aliphatic carbocycles. The maximum Gasteiger partial charge on any atom is 0.255 e. The predicted molar refractivity (Wildman–Crippen MR) is 124 cm³/mol. The Morgan fingerprint density at radius 2 is 1.88 bits per heavy atom. The third-order valence-corrected chi connectivity index (χ3v) is 5.29. The normalized spacial score (nSPS) is 10.7. The van der Waals surface area contributed by atoms with Crippen molar-refractivity contribution in [3.05, 3.63) is 90.1 Å². The topological polar surface area (TPSA) is 120 Å². The summed E-state index contributed by atoms with van der Waals surface area (Å²) in [5.41, 5.74) is 6.87. The van der Waals surface area contributed by atoms with Crippen LogP contribution < -0.4 is 5.32 Å². The van der Waals surface area contributed by atoms with E-state index in [1.165, 1.54) is 6.33 Å². The number of aromatic nitrogens is 5. The Morgan fingerprint density at radius 1 is 0.970 bits per heavy atom. The van der Waals surface area contributed by atoms with Crippen LogP contribution in [0.2, 0.25) is 0 Å². The fraction of sp³-hybridized carbons (Fsp3) is 0.0400. The highest BCUT2D eigenvalue weighted by Gasteiger charge is 2.17. The monoisotopic (exact) mass is 431 g/mol. The van der Waals surface area contributed by atoms with Crippen molar-refractivity contribution in [2.75, 3.05) is 5.32 Å². The van der Waals surface area contributed by atoms with Crippen LogP contribution in [0, 0.1) is 18.3 Å². The molecule has 5 rings (SSSR count). The summed E-state index contributed by atoms with van der Waals surface area (Å²) in [6.07, 6.45) is 4.79. The quantitative estimate of drug-likeness (QED) is 0.432. The molecule has 3 heterocycles. The summed E-state index contributed by atoms with van der Waals surface area (Å²) in [5, 5.41) is 12.0. The second-order valence-electron chi connectivity index (χ2n) is 7.40. The van der Waals surface area contributed by atoms with E-state index >= 15 is 0 Å². The van der Waals surface area contributed by atoms with Gasteiger partial charge in [-0.15, -0.1) is 0 Å². The van der Waals surface area contributed by atoms with E-state index in [2.05, 4.69) is 36.3 Å². The Hall–Kier alpha value is -4.90. The van der Waals surface area contributed by atoms with E-state index in [1.807, 2.05) is 37.3 Å². The third kappa shape index (κ3) is 3.79. The van der Waals surface area contributed by atoms with Gasteiger partial charge in [0.25, 0.3) is 5.91 Å². The number of nitrogens with zero attached hydrogens (tertiary/aromatic N) is 5. The van der Waals surface area contributed by atoms with Crippen LogP contribution in [0.15, 0.2) is 73.4 Å². The first kappa shape index (κ1) is 20.0. The number of nitriles is 1. The average Bonchev–Trinajstić information content (AvgIpc) is 3.34. The van der Waals surface area contributed by atoms with E-state index < -0.39 is 0 Å². The van der Waals surface area contributed by atoms with Crippen LogP contribution >= 0.6 is 0 Å². The lowest BCUT2D eigenvalue weighted by Gasteiger charge is -2.13. The number of amides is 1. The number of imidazole rings is 1. The zero-order chi connectivity index (χ0) is 22.8. The van der Waals surface area contributed by atoms with Gasteiger partial charge in [-0.2, -0.15) is 5.26 Å². The summed E-state index contributed by atoms with van der Waals surface area (Å²) in [7, 11) is 0. The maximum absolute atomic E-state index is 12.8. The number of rotatable bonds is 4. The average molecular weight is 431 g/mol. The van der Waals surface area contributed by atoms with Crippen LogP contribution in [0.5, 0.6) is 0 Å². The summed E-state index contributed by atoms with van der Waals surface area (Å²) in [4.78, 5) is 33.4. The molecule has 8 nitrogen and oxygen atoms in total. The fourth-order valence-electron chi connectivity index (χ4n) is 3.67. The lowest BCUT2D eigenvalue weighted by atomic mass is 9.98. The zero-order valence-corrected chi connectivity index (χ0v) is 17.6. The summed E-state index contributed by atoms with van der Waals surface area (Å²) >= 11 is 0. The van der Waals surface area contributed by atoms with E-state index in [-0.39, 0.29) is 5.91 Å². The second kappa shape index (κ2) is 8.32. The predicted octanol–water partition coefficient (Wildman–Crippen LogP) is 4.51. The summed E-state index contributed by atoms with van der Waals surface area (Å²) in [6, 6.07) is 18.1. The van der Waals surface area contributed by atoms with E-state index in [4.69, 9.17) is 5.26 Å². The third-order valence-electron chi connectivity index (χ3n) is 5.29. The molecular weight excluding hydrogens is 414 g/mol. The lowest BCUT2D eigenvalue weighted by molar-refractivity contribution is 0.102. The van der Waals surface area contributed by atoms with Crippen molar-refractivity contribution >= 4 is 22.8 Å². The maximum atomic E-state index is 12.8. The molecule has 5 aromatic rings. The van der Waals surface area contributed by atoms with Crippen molar-refractivity contribution in [1.82, 2.24) is 24.9 Å². The number of aryl methyl sites for hydroxylation is 1. The molecule has 33 heavy (non-hydrogen) atoms. The van der Waals surface area contributed by atoms with Crippen LogP contribution in [-0.2, 0) is 0 Å². The van der Waals surface area contributed by atoms with Crippen molar-refractivity contribution in [3.63, 3.8) is 0 Å². The number of H-pyrrole nitrogens is 1. The first-order valence-corrected chi connectivity index (χ1v) is 10.2. The number of carbonyl (C=O) groups excluding carboxylic acids is 1. The van der Waals surface area contributed by atoms with Gasteiger partial charge in [-0.05, 0) is 55.0 Å². The first-order chi connectivity index (χ1) is 16.1. The molecule has 0 saturated carbocycles. The van der Waals surface area contributed by atoms with Crippen LogP contribution in [0.25, 0.3) is 33.7 Å². The number of fused-ring (bicyclic) bond motifs is 1. The molecule has 1 amide bonds. The van der Waals surface area contributed by atoms with Gasteiger partial charge in [0.2, 0.25) is 0 Å². The number of hydrogen-bond acceptors (Lipinski definition) is 6. The van der Waals surface area contributed by atoms with Crippen molar-refractivity contribution in [1.29, 1.82) is 5.26 Å². The number of anilines is 1. The number of benzene rings is 2. The minimum atomic E-state index is -0.293. The Labute approximate surface area is 189 Å². The number of nitrogens with one attached hydrogen (secondary N) is 2. The zero-order valence-electron chi connectivity index (χ0n) is 17.6. The van der Waals surface area contributed by atoms with Crippen molar-refractivity contribution in [2.45, 2.75) is 6.92 Å². The van der Waals surface area contributed by atoms with Gasteiger partial charge in [0.15, 0.2) is 5.65 Å². The van der Waals surface area contributed by atoms with Gasteiger partial charge in [0, 0.05) is 28.6 Å². The second-order valence-corrected chi connectivity index (χ2v) is 7.40. The highest BCUT2D eigenvalue weighted by Crippen LogP contribution is 2.34. The highest BCUT2D eigenvalue weighted by molar-refractivity contribution is 6.05. The molecule has 158 valence electrons. The molecule has 0 radical (unpaired) electrons. The Bertz CT molecular complexity index is 1550. The van der Waals surface area contributed by atoms with Crippen LogP contribution in [0.4, 0.5) is 5.69 Å². The Balaban J connectivity index is 1.55. The van der Waals surface area contributed by atoms with Gasteiger partial charge in [0.05, 0.1) is 23.7 Å².